The minimum absolute atomic E-state index is 0.0941. The van der Waals surface area contributed by atoms with E-state index in [0.717, 1.165) is 17.8 Å². The molecule has 3 rings (SSSR count). The number of amides is 1. The predicted molar refractivity (Wildman–Crippen MR) is 96.4 cm³/mol. The number of phenolic OH excluding ortho intramolecular Hbond substituents is 1. The first-order chi connectivity index (χ1) is 11.8. The van der Waals surface area contributed by atoms with Crippen LogP contribution < -0.4 is 0 Å². The highest BCUT2D eigenvalue weighted by molar-refractivity contribution is 6.31. The lowest BCUT2D eigenvalue weighted by Crippen LogP contribution is -2.33. The number of aromatic nitrogens is 2. The summed E-state index contributed by atoms with van der Waals surface area (Å²) in [4.78, 5) is 15.5. The second-order valence-corrected chi connectivity index (χ2v) is 7.01. The molecule has 0 unspecified atom stereocenters. The minimum Gasteiger partial charge on any atom is -0.507 e. The molecule has 1 aliphatic heterocycles. The average molecular weight is 361 g/mol. The van der Waals surface area contributed by atoms with Crippen molar-refractivity contribution in [3.05, 3.63) is 40.5 Å². The lowest BCUT2D eigenvalue weighted by atomic mass is 10.0. The van der Waals surface area contributed by atoms with E-state index in [-0.39, 0.29) is 17.7 Å². The molecule has 2 heterocycles. The van der Waals surface area contributed by atoms with Crippen molar-refractivity contribution in [1.29, 1.82) is 0 Å². The number of halogens is 1. The van der Waals surface area contributed by atoms with Gasteiger partial charge in [0.1, 0.15) is 5.75 Å². The Morgan fingerprint density at radius 2 is 2.12 bits per heavy atom. The van der Waals surface area contributed by atoms with E-state index in [4.69, 9.17) is 11.6 Å². The molecule has 2 aromatic rings. The molecule has 6 nitrogen and oxygen atoms in total. The van der Waals surface area contributed by atoms with E-state index in [1.54, 1.807) is 11.0 Å². The summed E-state index contributed by atoms with van der Waals surface area (Å²) in [5.41, 5.74) is 2.91. The van der Waals surface area contributed by atoms with Crippen LogP contribution in [0.3, 0.4) is 0 Å². The number of hydrogen-bond acceptors (Lipinski definition) is 5. The van der Waals surface area contributed by atoms with Crippen molar-refractivity contribution in [3.8, 4) is 17.0 Å². The first-order valence-corrected chi connectivity index (χ1v) is 8.49. The van der Waals surface area contributed by atoms with Crippen LogP contribution in [0.15, 0.2) is 24.3 Å². The summed E-state index contributed by atoms with van der Waals surface area (Å²) < 4.78 is 0. The maximum atomic E-state index is 11.7. The Hall–Kier alpha value is -2.18. The van der Waals surface area contributed by atoms with Gasteiger partial charge in [0.15, 0.2) is 0 Å². The normalized spacial score (nSPS) is 17.6. The number of likely N-dealkylation sites (tertiary alicyclic amines) is 1. The van der Waals surface area contributed by atoms with Gasteiger partial charge in [-0.2, -0.15) is 10.2 Å². The van der Waals surface area contributed by atoms with Crippen LogP contribution in [0.2, 0.25) is 5.02 Å². The molecule has 1 N–H and O–H groups in total. The number of benzene rings is 1. The van der Waals surface area contributed by atoms with Crippen LogP contribution in [-0.4, -0.2) is 57.7 Å². The Balaban J connectivity index is 1.74. The van der Waals surface area contributed by atoms with E-state index >= 15 is 0 Å². The Labute approximate surface area is 152 Å². The van der Waals surface area contributed by atoms with Crippen LogP contribution in [0.25, 0.3) is 11.3 Å². The summed E-state index contributed by atoms with van der Waals surface area (Å²) in [6, 6.07) is 7.22. The van der Waals surface area contributed by atoms with E-state index in [1.165, 1.54) is 6.07 Å². The first-order valence-electron chi connectivity index (χ1n) is 8.11. The van der Waals surface area contributed by atoms with E-state index in [1.807, 2.05) is 33.2 Å². The molecule has 25 heavy (non-hydrogen) atoms. The quantitative estimate of drug-likeness (QED) is 0.907. The maximum absolute atomic E-state index is 11.7. The number of phenols is 1. The molecule has 1 aromatic heterocycles. The predicted octanol–water partition coefficient (Wildman–Crippen LogP) is 2.47. The first kappa shape index (κ1) is 17.6. The van der Waals surface area contributed by atoms with Crippen LogP contribution in [0.1, 0.15) is 17.7 Å². The third kappa shape index (κ3) is 3.75. The third-order valence-corrected chi connectivity index (χ3v) is 4.83. The van der Waals surface area contributed by atoms with E-state index in [9.17, 15) is 9.90 Å². The van der Waals surface area contributed by atoms with Gasteiger partial charge in [-0.1, -0.05) is 11.6 Å². The zero-order chi connectivity index (χ0) is 18.1. The summed E-state index contributed by atoms with van der Waals surface area (Å²) in [6.07, 6.45) is 0.538. The zero-order valence-electron chi connectivity index (χ0n) is 14.5. The van der Waals surface area contributed by atoms with Crippen LogP contribution in [0.4, 0.5) is 0 Å². The second kappa shape index (κ2) is 6.98. The summed E-state index contributed by atoms with van der Waals surface area (Å²) >= 11 is 5.95. The van der Waals surface area contributed by atoms with Crippen LogP contribution >= 0.6 is 11.6 Å². The second-order valence-electron chi connectivity index (χ2n) is 6.57. The molecule has 0 spiro atoms. The number of likely N-dealkylation sites (N-methyl/N-ethyl adjacent to an activating group) is 2. The number of nitrogens with zero attached hydrogens (tertiary/aromatic N) is 4. The molecule has 1 aromatic carbocycles. The van der Waals surface area contributed by atoms with Gasteiger partial charge >= 0.3 is 0 Å². The highest BCUT2D eigenvalue weighted by Crippen LogP contribution is 2.33. The number of aromatic hydroxyl groups is 1. The smallest absolute Gasteiger partial charge is 0.224 e. The summed E-state index contributed by atoms with van der Waals surface area (Å²) in [6.45, 7) is 3.22. The fraction of sp³-hybridized carbons (Fsp3) is 0.389. The molecule has 7 heteroatoms. The van der Waals surface area contributed by atoms with Crippen molar-refractivity contribution in [3.63, 3.8) is 0 Å². The minimum atomic E-state index is 0.0941. The molecule has 1 atom stereocenters. The van der Waals surface area contributed by atoms with Gasteiger partial charge < -0.3 is 10.0 Å². The number of carbonyl (C=O) groups excluding carboxylic acids is 1. The molecule has 1 amide bonds. The van der Waals surface area contributed by atoms with Gasteiger partial charge in [0.05, 0.1) is 11.4 Å². The number of rotatable bonds is 4. The standard InChI is InChI=1S/C18H21ClN4O2/c1-11-6-12(19)7-16(24)18(11)15-5-4-13(20-21-15)9-22(2)14-8-17(25)23(3)10-14/h4-7,14,24H,8-10H2,1-3H3/t14-/m0/s1. The Kier molecular flexibility index (Phi) is 4.92. The summed E-state index contributed by atoms with van der Waals surface area (Å²) in [5.74, 6) is 0.267. The molecule has 1 saturated heterocycles. The van der Waals surface area contributed by atoms with Gasteiger partial charge in [0.2, 0.25) is 5.91 Å². The van der Waals surface area contributed by atoms with Crippen molar-refractivity contribution < 1.29 is 9.90 Å². The van der Waals surface area contributed by atoms with Crippen molar-refractivity contribution >= 4 is 17.5 Å². The lowest BCUT2D eigenvalue weighted by molar-refractivity contribution is -0.126. The van der Waals surface area contributed by atoms with E-state index in [0.29, 0.717) is 29.2 Å². The zero-order valence-corrected chi connectivity index (χ0v) is 15.3. The lowest BCUT2D eigenvalue weighted by Gasteiger charge is -2.22. The molecule has 1 aliphatic rings. The van der Waals surface area contributed by atoms with Gasteiger partial charge in [-0.25, -0.2) is 0 Å². The molecular weight excluding hydrogens is 340 g/mol. The molecular formula is C18H21ClN4O2. The van der Waals surface area contributed by atoms with Crippen LogP contribution in [-0.2, 0) is 11.3 Å². The average Bonchev–Trinajstić information content (AvgIpc) is 2.87. The van der Waals surface area contributed by atoms with Gasteiger partial charge in [0, 0.05) is 43.2 Å². The SMILES string of the molecule is Cc1cc(Cl)cc(O)c1-c1ccc(CN(C)[C@H]2CC(=O)N(C)C2)nn1. The van der Waals surface area contributed by atoms with Gasteiger partial charge in [-0.15, -0.1) is 0 Å². The van der Waals surface area contributed by atoms with Crippen molar-refractivity contribution in [2.24, 2.45) is 0 Å². The number of hydrogen-bond donors (Lipinski definition) is 1. The Morgan fingerprint density at radius 3 is 2.68 bits per heavy atom. The van der Waals surface area contributed by atoms with E-state index in [2.05, 4.69) is 15.1 Å². The Morgan fingerprint density at radius 1 is 1.36 bits per heavy atom. The third-order valence-electron chi connectivity index (χ3n) is 4.61. The van der Waals surface area contributed by atoms with E-state index < -0.39 is 0 Å². The molecule has 132 valence electrons. The highest BCUT2D eigenvalue weighted by atomic mass is 35.5. The Bertz CT molecular complexity index is 771. The van der Waals surface area contributed by atoms with Crippen molar-refractivity contribution in [2.75, 3.05) is 20.6 Å². The number of carbonyl (C=O) groups is 1. The summed E-state index contributed by atoms with van der Waals surface area (Å²) in [7, 11) is 3.81. The van der Waals surface area contributed by atoms with Gasteiger partial charge in [0.25, 0.3) is 0 Å². The van der Waals surface area contributed by atoms with Crippen LogP contribution in [0.5, 0.6) is 5.75 Å². The molecule has 0 saturated carbocycles. The number of aryl methyl sites for hydroxylation is 1. The van der Waals surface area contributed by atoms with Gasteiger partial charge in [-0.05, 0) is 43.8 Å². The highest BCUT2D eigenvalue weighted by Gasteiger charge is 2.29. The monoisotopic (exact) mass is 360 g/mol. The van der Waals surface area contributed by atoms with Crippen molar-refractivity contribution in [2.45, 2.75) is 25.9 Å². The molecule has 1 fully saturated rings. The van der Waals surface area contributed by atoms with Crippen molar-refractivity contribution in [1.82, 2.24) is 20.0 Å². The molecule has 0 aliphatic carbocycles. The molecule has 0 radical (unpaired) electrons. The summed E-state index contributed by atoms with van der Waals surface area (Å²) in [5, 5.41) is 19.2. The van der Waals surface area contributed by atoms with Gasteiger partial charge in [-0.3, -0.25) is 9.69 Å². The fourth-order valence-electron chi connectivity index (χ4n) is 3.16. The fourth-order valence-corrected chi connectivity index (χ4v) is 3.42. The topological polar surface area (TPSA) is 69.6 Å². The van der Waals surface area contributed by atoms with Crippen LogP contribution in [0, 0.1) is 6.92 Å². The maximum Gasteiger partial charge on any atom is 0.224 e. The molecule has 0 bridgehead atoms. The largest absolute Gasteiger partial charge is 0.507 e.